The van der Waals surface area contributed by atoms with Crippen molar-refractivity contribution in [3.63, 3.8) is 0 Å². The van der Waals surface area contributed by atoms with Crippen LogP contribution in [0.2, 0.25) is 0 Å². The lowest BCUT2D eigenvalue weighted by molar-refractivity contribution is -0.384. The molecule has 1 aromatic rings. The number of hydrogen-bond acceptors (Lipinski definition) is 5. The Bertz CT molecular complexity index is 457. The highest BCUT2D eigenvalue weighted by Crippen LogP contribution is 2.33. The first kappa shape index (κ1) is 9.41. The molecular formula is C8H8N4O3. The molecule has 0 saturated carbocycles. The van der Waals surface area contributed by atoms with Crippen molar-refractivity contribution in [2.45, 2.75) is 6.42 Å². The number of nitrogens with two attached hydrogens (primary N) is 1. The molecule has 4 N–H and O–H groups in total. The van der Waals surface area contributed by atoms with Gasteiger partial charge in [-0.2, -0.15) is 0 Å². The third-order valence-corrected chi connectivity index (χ3v) is 2.20. The topological polar surface area (TPSA) is 110 Å². The van der Waals surface area contributed by atoms with Crippen LogP contribution in [-0.2, 0) is 11.2 Å². The third-order valence-electron chi connectivity index (χ3n) is 2.20. The molecule has 1 aliphatic heterocycles. The molecular weight excluding hydrogens is 200 g/mol. The van der Waals surface area contributed by atoms with E-state index >= 15 is 0 Å². The van der Waals surface area contributed by atoms with Gasteiger partial charge in [-0.15, -0.1) is 0 Å². The SMILES string of the molecule is NNc1cc2c(cc1[N+](=O)[O-])CC(=O)N2. The maximum atomic E-state index is 11.0. The number of nitro benzene ring substituents is 1. The molecule has 0 saturated heterocycles. The molecule has 1 aliphatic rings. The van der Waals surface area contributed by atoms with Crippen molar-refractivity contribution in [1.82, 2.24) is 0 Å². The number of fused-ring (bicyclic) bond motifs is 1. The number of nitro groups is 1. The summed E-state index contributed by atoms with van der Waals surface area (Å²) in [6.07, 6.45) is 0.168. The summed E-state index contributed by atoms with van der Waals surface area (Å²) in [5.41, 5.74) is 3.46. The fourth-order valence-corrected chi connectivity index (χ4v) is 1.53. The largest absolute Gasteiger partial charge is 0.325 e. The fraction of sp³-hybridized carbons (Fsp3) is 0.125. The number of carbonyl (C=O) groups is 1. The molecule has 78 valence electrons. The molecule has 0 spiro atoms. The Labute approximate surface area is 84.4 Å². The minimum absolute atomic E-state index is 0.132. The highest BCUT2D eigenvalue weighted by molar-refractivity contribution is 6.00. The second-order valence-electron chi connectivity index (χ2n) is 3.15. The van der Waals surface area contributed by atoms with Gasteiger partial charge in [0, 0.05) is 11.8 Å². The lowest BCUT2D eigenvalue weighted by atomic mass is 10.1. The Kier molecular flexibility index (Phi) is 2.01. The molecule has 1 heterocycles. The second-order valence-corrected chi connectivity index (χ2v) is 3.15. The Morgan fingerprint density at radius 1 is 1.53 bits per heavy atom. The van der Waals surface area contributed by atoms with Gasteiger partial charge in [0.1, 0.15) is 5.69 Å². The van der Waals surface area contributed by atoms with Gasteiger partial charge in [0.2, 0.25) is 5.91 Å². The van der Waals surface area contributed by atoms with Crippen molar-refractivity contribution < 1.29 is 9.72 Å². The summed E-state index contributed by atoms with van der Waals surface area (Å²) in [6, 6.07) is 2.81. The Morgan fingerprint density at radius 3 is 2.87 bits per heavy atom. The summed E-state index contributed by atoms with van der Waals surface area (Å²) in [7, 11) is 0. The van der Waals surface area contributed by atoms with Gasteiger partial charge < -0.3 is 10.7 Å². The number of hydrazine groups is 1. The van der Waals surface area contributed by atoms with Crippen LogP contribution in [0, 0.1) is 10.1 Å². The van der Waals surface area contributed by atoms with Crippen LogP contribution in [-0.4, -0.2) is 10.8 Å². The number of nitrogens with zero attached hydrogens (tertiary/aromatic N) is 1. The summed E-state index contributed by atoms with van der Waals surface area (Å²) in [5.74, 6) is 4.98. The molecule has 7 heteroatoms. The van der Waals surface area contributed by atoms with Crippen LogP contribution >= 0.6 is 0 Å². The number of hydrogen-bond donors (Lipinski definition) is 3. The van der Waals surface area contributed by atoms with Crippen LogP contribution < -0.4 is 16.6 Å². The summed E-state index contributed by atoms with van der Waals surface area (Å²) in [5, 5.41) is 13.2. The molecule has 0 radical (unpaired) electrons. The van der Waals surface area contributed by atoms with Gasteiger partial charge in [-0.05, 0) is 11.6 Å². The van der Waals surface area contributed by atoms with E-state index in [0.717, 1.165) is 0 Å². The summed E-state index contributed by atoms with van der Waals surface area (Å²) in [4.78, 5) is 21.2. The van der Waals surface area contributed by atoms with Crippen LogP contribution in [0.1, 0.15) is 5.56 Å². The van der Waals surface area contributed by atoms with Gasteiger partial charge in [-0.1, -0.05) is 0 Å². The molecule has 1 amide bonds. The first-order chi connectivity index (χ1) is 7.11. The molecule has 0 bridgehead atoms. The number of nitrogen functional groups attached to an aromatic ring is 1. The smallest absolute Gasteiger partial charge is 0.294 e. The maximum Gasteiger partial charge on any atom is 0.294 e. The Hall–Kier alpha value is -2.15. The molecule has 0 fully saturated rings. The molecule has 0 aromatic heterocycles. The first-order valence-corrected chi connectivity index (χ1v) is 4.19. The van der Waals surface area contributed by atoms with Crippen LogP contribution in [0.3, 0.4) is 0 Å². The van der Waals surface area contributed by atoms with E-state index < -0.39 is 4.92 Å². The highest BCUT2D eigenvalue weighted by Gasteiger charge is 2.23. The molecule has 7 nitrogen and oxygen atoms in total. The van der Waals surface area contributed by atoms with Crippen molar-refractivity contribution >= 4 is 23.0 Å². The molecule has 15 heavy (non-hydrogen) atoms. The normalized spacial score (nSPS) is 13.3. The number of amides is 1. The summed E-state index contributed by atoms with van der Waals surface area (Å²) in [6.45, 7) is 0. The first-order valence-electron chi connectivity index (χ1n) is 4.19. The zero-order chi connectivity index (χ0) is 11.0. The van der Waals surface area contributed by atoms with Gasteiger partial charge in [0.25, 0.3) is 5.69 Å². The van der Waals surface area contributed by atoms with E-state index in [2.05, 4.69) is 10.7 Å². The molecule has 1 aromatic carbocycles. The average molecular weight is 208 g/mol. The van der Waals surface area contributed by atoms with E-state index in [1.165, 1.54) is 12.1 Å². The molecule has 0 atom stereocenters. The van der Waals surface area contributed by atoms with Crippen molar-refractivity contribution in [1.29, 1.82) is 0 Å². The standard InChI is InChI=1S/C8H8N4O3/c9-11-6-3-5-4(2-8(13)10-5)1-7(6)12(14)15/h1,3,11H,2,9H2,(H,10,13). The Balaban J connectivity index is 2.55. The number of benzene rings is 1. The minimum Gasteiger partial charge on any atom is -0.325 e. The van der Waals surface area contributed by atoms with E-state index in [1.807, 2.05) is 0 Å². The van der Waals surface area contributed by atoms with Gasteiger partial charge in [-0.25, -0.2) is 0 Å². The zero-order valence-corrected chi connectivity index (χ0v) is 7.61. The second kappa shape index (κ2) is 3.21. The predicted octanol–water partition coefficient (Wildman–Crippen LogP) is 0.375. The monoisotopic (exact) mass is 208 g/mol. The van der Waals surface area contributed by atoms with E-state index in [0.29, 0.717) is 11.3 Å². The Morgan fingerprint density at radius 2 is 2.27 bits per heavy atom. The van der Waals surface area contributed by atoms with Crippen LogP contribution in [0.4, 0.5) is 17.1 Å². The van der Waals surface area contributed by atoms with Gasteiger partial charge in [0.15, 0.2) is 0 Å². The van der Waals surface area contributed by atoms with E-state index in [4.69, 9.17) is 5.84 Å². The molecule has 2 rings (SSSR count). The van der Waals surface area contributed by atoms with Gasteiger partial charge in [0.05, 0.1) is 11.3 Å². The number of nitrogens with one attached hydrogen (secondary N) is 2. The summed E-state index contributed by atoms with van der Waals surface area (Å²) < 4.78 is 0. The van der Waals surface area contributed by atoms with Gasteiger partial charge >= 0.3 is 0 Å². The van der Waals surface area contributed by atoms with Crippen LogP contribution in [0.5, 0.6) is 0 Å². The molecule has 0 unspecified atom stereocenters. The molecule has 0 aliphatic carbocycles. The van der Waals surface area contributed by atoms with Crippen molar-refractivity contribution in [3.8, 4) is 0 Å². The highest BCUT2D eigenvalue weighted by atomic mass is 16.6. The van der Waals surface area contributed by atoms with Crippen LogP contribution in [0.15, 0.2) is 12.1 Å². The predicted molar refractivity (Wildman–Crippen MR) is 53.2 cm³/mol. The maximum absolute atomic E-state index is 11.0. The average Bonchev–Trinajstić information content (AvgIpc) is 2.54. The lowest BCUT2D eigenvalue weighted by Crippen LogP contribution is -2.09. The zero-order valence-electron chi connectivity index (χ0n) is 7.61. The van der Waals surface area contributed by atoms with E-state index in [-0.39, 0.29) is 23.7 Å². The quantitative estimate of drug-likeness (QED) is 0.369. The van der Waals surface area contributed by atoms with E-state index in [9.17, 15) is 14.9 Å². The lowest BCUT2D eigenvalue weighted by Gasteiger charge is -2.04. The number of anilines is 2. The van der Waals surface area contributed by atoms with Gasteiger partial charge in [-0.3, -0.25) is 20.8 Å². The third kappa shape index (κ3) is 1.48. The van der Waals surface area contributed by atoms with Crippen molar-refractivity contribution in [3.05, 3.63) is 27.8 Å². The van der Waals surface area contributed by atoms with Crippen molar-refractivity contribution in [2.75, 3.05) is 10.7 Å². The van der Waals surface area contributed by atoms with Crippen LogP contribution in [0.25, 0.3) is 0 Å². The number of carbonyl (C=O) groups excluding carboxylic acids is 1. The van der Waals surface area contributed by atoms with Crippen molar-refractivity contribution in [2.24, 2.45) is 5.84 Å². The van der Waals surface area contributed by atoms with E-state index in [1.54, 1.807) is 0 Å². The number of rotatable bonds is 2. The fourth-order valence-electron chi connectivity index (χ4n) is 1.53. The summed E-state index contributed by atoms with van der Waals surface area (Å²) >= 11 is 0. The minimum atomic E-state index is -0.543.